The fourth-order valence-electron chi connectivity index (χ4n) is 2.67. The van der Waals surface area contributed by atoms with E-state index in [9.17, 15) is 9.59 Å². The second-order valence-electron chi connectivity index (χ2n) is 6.51. The number of aryl methyl sites for hydroxylation is 2. The Kier molecular flexibility index (Phi) is 6.07. The maximum Gasteiger partial charge on any atom is 0.262 e. The number of amides is 2. The number of para-hydroxylation sites is 1. The molecule has 0 saturated carbocycles. The van der Waals surface area contributed by atoms with Gasteiger partial charge in [-0.3, -0.25) is 9.59 Å². The minimum Gasteiger partial charge on any atom is -0.483 e. The van der Waals surface area contributed by atoms with Crippen molar-refractivity contribution in [3.8, 4) is 5.75 Å². The van der Waals surface area contributed by atoms with Crippen LogP contribution in [-0.4, -0.2) is 18.4 Å². The molecule has 2 N–H and O–H groups in total. The summed E-state index contributed by atoms with van der Waals surface area (Å²) in [5.74, 6) is 0.154. The average Bonchev–Trinajstić information content (AvgIpc) is 2.69. The fourth-order valence-corrected chi connectivity index (χ4v) is 2.67. The molecule has 0 radical (unpaired) electrons. The summed E-state index contributed by atoms with van der Waals surface area (Å²) < 4.78 is 5.62. The third-order valence-electron chi connectivity index (χ3n) is 4.14. The van der Waals surface area contributed by atoms with Crippen LogP contribution in [0, 0.1) is 13.8 Å². The van der Waals surface area contributed by atoms with Crippen molar-refractivity contribution in [2.45, 2.75) is 13.8 Å². The molecule has 142 valence electrons. The van der Waals surface area contributed by atoms with Gasteiger partial charge >= 0.3 is 0 Å². The lowest BCUT2D eigenvalue weighted by Crippen LogP contribution is -2.21. The zero-order valence-corrected chi connectivity index (χ0v) is 15.9. The largest absolute Gasteiger partial charge is 0.483 e. The van der Waals surface area contributed by atoms with Gasteiger partial charge in [0.15, 0.2) is 6.61 Å². The standard InChI is InChI=1S/C23H22N2O3/c1-16-11-12-17(2)21(13-16)28-15-22(26)24-20-10-6-7-18(14-20)23(27)25-19-8-4-3-5-9-19/h3-14H,15H2,1-2H3,(H,24,26)(H,25,27). The number of nitrogens with one attached hydrogen (secondary N) is 2. The Hall–Kier alpha value is -3.60. The monoisotopic (exact) mass is 374 g/mol. The number of ether oxygens (including phenoxy) is 1. The minimum absolute atomic E-state index is 0.106. The van der Waals surface area contributed by atoms with Crippen LogP contribution in [0.1, 0.15) is 21.5 Å². The number of carbonyl (C=O) groups is 2. The molecule has 2 amide bonds. The van der Waals surface area contributed by atoms with Gasteiger partial charge < -0.3 is 15.4 Å². The Morgan fingerprint density at radius 2 is 1.57 bits per heavy atom. The van der Waals surface area contributed by atoms with E-state index in [1.165, 1.54) is 0 Å². The molecule has 0 aliphatic heterocycles. The summed E-state index contributed by atoms with van der Waals surface area (Å²) in [7, 11) is 0. The molecule has 3 aromatic carbocycles. The van der Waals surface area contributed by atoms with E-state index in [0.717, 1.165) is 11.1 Å². The molecule has 0 aliphatic carbocycles. The smallest absolute Gasteiger partial charge is 0.262 e. The molecule has 0 aliphatic rings. The summed E-state index contributed by atoms with van der Waals surface area (Å²) in [4.78, 5) is 24.6. The summed E-state index contributed by atoms with van der Waals surface area (Å²) in [5.41, 5.74) is 3.74. The molecule has 0 aromatic heterocycles. The third-order valence-corrected chi connectivity index (χ3v) is 4.14. The van der Waals surface area contributed by atoms with E-state index >= 15 is 0 Å². The highest BCUT2D eigenvalue weighted by Gasteiger charge is 2.09. The van der Waals surface area contributed by atoms with Crippen molar-refractivity contribution in [2.75, 3.05) is 17.2 Å². The molecule has 0 spiro atoms. The van der Waals surface area contributed by atoms with Gasteiger partial charge in [-0.2, -0.15) is 0 Å². The molecule has 0 fully saturated rings. The highest BCUT2D eigenvalue weighted by atomic mass is 16.5. The van der Waals surface area contributed by atoms with E-state index in [4.69, 9.17) is 4.74 Å². The van der Waals surface area contributed by atoms with Crippen molar-refractivity contribution >= 4 is 23.2 Å². The van der Waals surface area contributed by atoms with Gasteiger partial charge in [0.1, 0.15) is 5.75 Å². The number of carbonyl (C=O) groups excluding carboxylic acids is 2. The predicted molar refractivity (Wildman–Crippen MR) is 111 cm³/mol. The van der Waals surface area contributed by atoms with Crippen LogP contribution in [0.25, 0.3) is 0 Å². The molecule has 3 aromatic rings. The van der Waals surface area contributed by atoms with Crippen LogP contribution in [0.3, 0.4) is 0 Å². The van der Waals surface area contributed by atoms with Crippen molar-refractivity contribution in [3.63, 3.8) is 0 Å². The molecule has 0 unspecified atom stereocenters. The first-order chi connectivity index (χ1) is 13.5. The van der Waals surface area contributed by atoms with Crippen LogP contribution in [0.4, 0.5) is 11.4 Å². The molecule has 0 atom stereocenters. The molecule has 0 heterocycles. The molecular formula is C23H22N2O3. The molecule has 0 bridgehead atoms. The van der Waals surface area contributed by atoms with Crippen molar-refractivity contribution in [2.24, 2.45) is 0 Å². The first-order valence-electron chi connectivity index (χ1n) is 8.97. The number of benzene rings is 3. The lowest BCUT2D eigenvalue weighted by Gasteiger charge is -2.11. The van der Waals surface area contributed by atoms with E-state index in [-0.39, 0.29) is 18.4 Å². The zero-order valence-electron chi connectivity index (χ0n) is 15.9. The lowest BCUT2D eigenvalue weighted by molar-refractivity contribution is -0.118. The van der Waals surface area contributed by atoms with Gasteiger partial charge in [-0.05, 0) is 61.4 Å². The summed E-state index contributed by atoms with van der Waals surface area (Å²) in [6.07, 6.45) is 0. The molecule has 0 saturated heterocycles. The summed E-state index contributed by atoms with van der Waals surface area (Å²) in [6.45, 7) is 3.80. The Labute approximate surface area is 164 Å². The maximum atomic E-state index is 12.4. The number of hydrogen-bond acceptors (Lipinski definition) is 3. The molecule has 5 heteroatoms. The van der Waals surface area contributed by atoms with Gasteiger partial charge in [0.2, 0.25) is 0 Å². The van der Waals surface area contributed by atoms with Crippen molar-refractivity contribution in [1.82, 2.24) is 0 Å². The minimum atomic E-state index is -0.290. The van der Waals surface area contributed by atoms with E-state index in [1.54, 1.807) is 24.3 Å². The lowest BCUT2D eigenvalue weighted by atomic mass is 10.1. The van der Waals surface area contributed by atoms with E-state index in [0.29, 0.717) is 22.7 Å². The van der Waals surface area contributed by atoms with Crippen LogP contribution >= 0.6 is 0 Å². The molecular weight excluding hydrogens is 352 g/mol. The van der Waals surface area contributed by atoms with Gasteiger partial charge in [0.05, 0.1) is 0 Å². The molecule has 5 nitrogen and oxygen atoms in total. The normalized spacial score (nSPS) is 10.2. The van der Waals surface area contributed by atoms with E-state index in [2.05, 4.69) is 10.6 Å². The van der Waals surface area contributed by atoms with Gasteiger partial charge in [0.25, 0.3) is 11.8 Å². The average molecular weight is 374 g/mol. The number of anilines is 2. The van der Waals surface area contributed by atoms with Crippen LogP contribution in [0.5, 0.6) is 5.75 Å². The summed E-state index contributed by atoms with van der Waals surface area (Å²) in [5, 5.41) is 5.58. The Morgan fingerprint density at radius 3 is 2.36 bits per heavy atom. The van der Waals surface area contributed by atoms with E-state index < -0.39 is 0 Å². The molecule has 3 rings (SSSR count). The van der Waals surface area contributed by atoms with Crippen LogP contribution < -0.4 is 15.4 Å². The van der Waals surface area contributed by atoms with Crippen molar-refractivity contribution in [1.29, 1.82) is 0 Å². The summed E-state index contributed by atoms with van der Waals surface area (Å²) >= 11 is 0. The topological polar surface area (TPSA) is 67.4 Å². The summed E-state index contributed by atoms with van der Waals surface area (Å²) in [6, 6.07) is 21.8. The Morgan fingerprint density at radius 1 is 0.821 bits per heavy atom. The predicted octanol–water partition coefficient (Wildman–Crippen LogP) is 4.57. The van der Waals surface area contributed by atoms with Crippen LogP contribution in [0.2, 0.25) is 0 Å². The SMILES string of the molecule is Cc1ccc(C)c(OCC(=O)Nc2cccc(C(=O)Nc3ccccc3)c2)c1. The van der Waals surface area contributed by atoms with Gasteiger partial charge in [-0.15, -0.1) is 0 Å². The third kappa shape index (κ3) is 5.20. The second kappa shape index (κ2) is 8.86. The first kappa shape index (κ1) is 19.2. The second-order valence-corrected chi connectivity index (χ2v) is 6.51. The van der Waals surface area contributed by atoms with Crippen LogP contribution in [0.15, 0.2) is 72.8 Å². The van der Waals surface area contributed by atoms with Crippen molar-refractivity contribution < 1.29 is 14.3 Å². The number of rotatable bonds is 6. The highest BCUT2D eigenvalue weighted by Crippen LogP contribution is 2.19. The zero-order chi connectivity index (χ0) is 19.9. The Bertz CT molecular complexity index is 984. The van der Waals surface area contributed by atoms with E-state index in [1.807, 2.05) is 62.4 Å². The quantitative estimate of drug-likeness (QED) is 0.664. The first-order valence-corrected chi connectivity index (χ1v) is 8.97. The van der Waals surface area contributed by atoms with Gasteiger partial charge in [0, 0.05) is 16.9 Å². The number of hydrogen-bond donors (Lipinski definition) is 2. The Balaban J connectivity index is 1.60. The molecule has 28 heavy (non-hydrogen) atoms. The maximum absolute atomic E-state index is 12.4. The van der Waals surface area contributed by atoms with Gasteiger partial charge in [-0.1, -0.05) is 36.4 Å². The van der Waals surface area contributed by atoms with Gasteiger partial charge in [-0.25, -0.2) is 0 Å². The highest BCUT2D eigenvalue weighted by molar-refractivity contribution is 6.05. The van der Waals surface area contributed by atoms with Crippen LogP contribution in [-0.2, 0) is 4.79 Å². The fraction of sp³-hybridized carbons (Fsp3) is 0.130. The van der Waals surface area contributed by atoms with Crippen molar-refractivity contribution in [3.05, 3.63) is 89.5 Å².